The molecular formula is C26H18BN. The molecule has 28 heavy (non-hydrogen) atoms. The van der Waals surface area contributed by atoms with Gasteiger partial charge in [0.15, 0.2) is 0 Å². The van der Waals surface area contributed by atoms with E-state index in [2.05, 4.69) is 90.4 Å². The lowest BCUT2D eigenvalue weighted by Gasteiger charge is -2.33. The Hall–Kier alpha value is -3.26. The zero-order valence-electron chi connectivity index (χ0n) is 15.7. The zero-order valence-corrected chi connectivity index (χ0v) is 15.7. The van der Waals surface area contributed by atoms with E-state index in [1.54, 1.807) is 0 Å². The summed E-state index contributed by atoms with van der Waals surface area (Å²) >= 11 is 0. The molecular weight excluding hydrogens is 337 g/mol. The normalized spacial score (nSPS) is 13.7. The SMILES string of the molecule is Cc1cccc2c1Cc1ccc3c4ccccc4n4c3c1B2c1ccccc1-4. The molecule has 2 heteroatoms. The van der Waals surface area contributed by atoms with E-state index >= 15 is 0 Å². The highest BCUT2D eigenvalue weighted by atomic mass is 15.0. The van der Waals surface area contributed by atoms with Crippen LogP contribution in [0.1, 0.15) is 16.7 Å². The summed E-state index contributed by atoms with van der Waals surface area (Å²) in [5.41, 5.74) is 12.9. The third-order valence-electron chi connectivity index (χ3n) is 6.87. The molecule has 0 radical (unpaired) electrons. The first-order valence-electron chi connectivity index (χ1n) is 10.1. The Morgan fingerprint density at radius 1 is 0.750 bits per heavy atom. The standard InChI is InChI=1S/C26H18BN/c1-16-7-6-10-21-20(16)15-17-13-14-19-18-8-2-4-11-23(18)28-24-12-5-3-9-22(24)27(21)25(17)26(19)28/h2-14H,15H2,1H3. The number of fused-ring (bicyclic) bond motifs is 8. The molecule has 1 nitrogen and oxygen atoms in total. The highest BCUT2D eigenvalue weighted by Gasteiger charge is 2.38. The maximum absolute atomic E-state index is 2.51. The van der Waals surface area contributed by atoms with E-state index in [1.165, 1.54) is 60.6 Å². The molecule has 4 aromatic carbocycles. The number of rotatable bonds is 0. The third-order valence-corrected chi connectivity index (χ3v) is 6.87. The van der Waals surface area contributed by atoms with Crippen LogP contribution in [0, 0.1) is 6.92 Å². The van der Waals surface area contributed by atoms with E-state index in [1.807, 2.05) is 0 Å². The first kappa shape index (κ1) is 14.8. The quantitative estimate of drug-likeness (QED) is 0.365. The van der Waals surface area contributed by atoms with Crippen molar-refractivity contribution in [2.24, 2.45) is 0 Å². The minimum atomic E-state index is 0.329. The lowest BCUT2D eigenvalue weighted by Crippen LogP contribution is -2.60. The largest absolute Gasteiger partial charge is 0.310 e. The molecule has 0 atom stereocenters. The van der Waals surface area contributed by atoms with Gasteiger partial charge in [0.05, 0.1) is 5.52 Å². The van der Waals surface area contributed by atoms with Crippen molar-refractivity contribution in [2.45, 2.75) is 13.3 Å². The fourth-order valence-electron chi connectivity index (χ4n) is 5.69. The van der Waals surface area contributed by atoms with Crippen LogP contribution in [-0.4, -0.2) is 11.3 Å². The molecule has 130 valence electrons. The molecule has 2 aliphatic rings. The average molecular weight is 355 g/mol. The minimum Gasteiger partial charge on any atom is -0.310 e. The Labute approximate surface area is 164 Å². The summed E-state index contributed by atoms with van der Waals surface area (Å²) in [5, 5.41) is 2.73. The number of aromatic nitrogens is 1. The van der Waals surface area contributed by atoms with Crippen molar-refractivity contribution in [1.29, 1.82) is 0 Å². The molecule has 0 fully saturated rings. The van der Waals surface area contributed by atoms with Gasteiger partial charge in [-0.15, -0.1) is 0 Å². The van der Waals surface area contributed by atoms with Gasteiger partial charge in [0.25, 0.3) is 0 Å². The fourth-order valence-corrected chi connectivity index (χ4v) is 5.69. The topological polar surface area (TPSA) is 4.93 Å². The van der Waals surface area contributed by atoms with Gasteiger partial charge < -0.3 is 4.57 Å². The van der Waals surface area contributed by atoms with Crippen LogP contribution in [0.5, 0.6) is 0 Å². The summed E-state index contributed by atoms with van der Waals surface area (Å²) in [7, 11) is 0. The molecule has 0 aliphatic carbocycles. The highest BCUT2D eigenvalue weighted by molar-refractivity contribution is 6.98. The van der Waals surface area contributed by atoms with Crippen LogP contribution in [0.15, 0.2) is 78.9 Å². The monoisotopic (exact) mass is 355 g/mol. The van der Waals surface area contributed by atoms with Gasteiger partial charge in [0.1, 0.15) is 0 Å². The van der Waals surface area contributed by atoms with Crippen molar-refractivity contribution in [1.82, 2.24) is 4.57 Å². The van der Waals surface area contributed by atoms with Crippen molar-refractivity contribution < 1.29 is 0 Å². The minimum absolute atomic E-state index is 0.329. The van der Waals surface area contributed by atoms with Crippen LogP contribution >= 0.6 is 0 Å². The molecule has 5 aromatic rings. The number of hydrogen-bond acceptors (Lipinski definition) is 0. The van der Waals surface area contributed by atoms with Crippen molar-refractivity contribution in [3.63, 3.8) is 0 Å². The molecule has 0 bridgehead atoms. The Morgan fingerprint density at radius 3 is 2.54 bits per heavy atom. The van der Waals surface area contributed by atoms with Gasteiger partial charge in [0.2, 0.25) is 6.71 Å². The maximum atomic E-state index is 2.51. The fraction of sp³-hybridized carbons (Fsp3) is 0.0769. The molecule has 0 saturated carbocycles. The van der Waals surface area contributed by atoms with Crippen LogP contribution in [0.4, 0.5) is 0 Å². The number of nitrogens with zero attached hydrogens (tertiary/aromatic N) is 1. The van der Waals surface area contributed by atoms with E-state index in [4.69, 9.17) is 0 Å². The van der Waals surface area contributed by atoms with Gasteiger partial charge in [-0.25, -0.2) is 0 Å². The molecule has 0 spiro atoms. The predicted molar refractivity (Wildman–Crippen MR) is 119 cm³/mol. The second-order valence-electron chi connectivity index (χ2n) is 8.20. The molecule has 7 rings (SSSR count). The lowest BCUT2D eigenvalue weighted by atomic mass is 9.32. The van der Waals surface area contributed by atoms with Crippen molar-refractivity contribution in [3.05, 3.63) is 95.6 Å². The van der Waals surface area contributed by atoms with Crippen molar-refractivity contribution in [3.8, 4) is 5.69 Å². The zero-order chi connectivity index (χ0) is 18.4. The maximum Gasteiger partial charge on any atom is 0.247 e. The molecule has 1 aromatic heterocycles. The molecule has 0 N–H and O–H groups in total. The molecule has 0 amide bonds. The number of hydrogen-bond donors (Lipinski definition) is 0. The lowest BCUT2D eigenvalue weighted by molar-refractivity contribution is 1.15. The van der Waals surface area contributed by atoms with Crippen LogP contribution in [0.2, 0.25) is 0 Å². The Balaban J connectivity index is 1.76. The predicted octanol–water partition coefficient (Wildman–Crippen LogP) is 3.83. The van der Waals surface area contributed by atoms with E-state index in [-0.39, 0.29) is 0 Å². The van der Waals surface area contributed by atoms with Gasteiger partial charge >= 0.3 is 0 Å². The van der Waals surface area contributed by atoms with E-state index in [9.17, 15) is 0 Å². The van der Waals surface area contributed by atoms with Gasteiger partial charge in [-0.2, -0.15) is 0 Å². The second kappa shape index (κ2) is 4.96. The first-order chi connectivity index (χ1) is 13.8. The third kappa shape index (κ3) is 1.61. The van der Waals surface area contributed by atoms with E-state index < -0.39 is 0 Å². The van der Waals surface area contributed by atoms with Crippen LogP contribution in [-0.2, 0) is 6.42 Å². The van der Waals surface area contributed by atoms with Crippen LogP contribution < -0.4 is 16.4 Å². The summed E-state index contributed by atoms with van der Waals surface area (Å²) in [4.78, 5) is 0. The number of para-hydroxylation sites is 2. The molecule has 0 saturated heterocycles. The Bertz CT molecular complexity index is 1460. The van der Waals surface area contributed by atoms with Gasteiger partial charge in [-0.05, 0) is 53.1 Å². The number of benzene rings is 4. The second-order valence-corrected chi connectivity index (χ2v) is 8.20. The summed E-state index contributed by atoms with van der Waals surface area (Å²) in [6.07, 6.45) is 1.04. The van der Waals surface area contributed by atoms with Crippen LogP contribution in [0.25, 0.3) is 27.5 Å². The Kier molecular flexibility index (Phi) is 2.62. The van der Waals surface area contributed by atoms with Crippen molar-refractivity contribution >= 4 is 44.9 Å². The summed E-state index contributed by atoms with van der Waals surface area (Å²) in [6.45, 7) is 2.59. The molecule has 3 heterocycles. The van der Waals surface area contributed by atoms with Crippen LogP contribution in [0.3, 0.4) is 0 Å². The number of aryl methyl sites for hydroxylation is 1. The Morgan fingerprint density at radius 2 is 1.57 bits per heavy atom. The van der Waals surface area contributed by atoms with Gasteiger partial charge in [-0.3, -0.25) is 0 Å². The van der Waals surface area contributed by atoms with Gasteiger partial charge in [-0.1, -0.05) is 72.2 Å². The van der Waals surface area contributed by atoms with Crippen molar-refractivity contribution in [2.75, 3.05) is 0 Å². The smallest absolute Gasteiger partial charge is 0.247 e. The van der Waals surface area contributed by atoms with Gasteiger partial charge in [0, 0.05) is 22.0 Å². The molecule has 2 aliphatic heterocycles. The summed E-state index contributed by atoms with van der Waals surface area (Å²) in [6, 6.07) is 29.4. The van der Waals surface area contributed by atoms with E-state index in [0.717, 1.165) is 6.42 Å². The van der Waals surface area contributed by atoms with E-state index in [0.29, 0.717) is 6.71 Å². The average Bonchev–Trinajstić information content (AvgIpc) is 3.08. The molecule has 0 unspecified atom stereocenters. The highest BCUT2D eigenvalue weighted by Crippen LogP contribution is 2.35. The first-order valence-corrected chi connectivity index (χ1v) is 10.1. The summed E-state index contributed by atoms with van der Waals surface area (Å²) < 4.78 is 2.51. The summed E-state index contributed by atoms with van der Waals surface area (Å²) in [5.74, 6) is 0.